The lowest BCUT2D eigenvalue weighted by Gasteiger charge is -2.06. The summed E-state index contributed by atoms with van der Waals surface area (Å²) in [5, 5.41) is 3.94. The van der Waals surface area contributed by atoms with E-state index in [-0.39, 0.29) is 5.82 Å². The number of nitrogens with one attached hydrogen (secondary N) is 2. The average molecular weight is 287 g/mol. The van der Waals surface area contributed by atoms with E-state index in [9.17, 15) is 9.18 Å². The van der Waals surface area contributed by atoms with Gasteiger partial charge in [0, 0.05) is 0 Å². The largest absolute Gasteiger partial charge is 0.378 e. The van der Waals surface area contributed by atoms with E-state index in [1.165, 1.54) is 24.3 Å². The van der Waals surface area contributed by atoms with Crippen molar-refractivity contribution in [3.63, 3.8) is 0 Å². The van der Waals surface area contributed by atoms with Crippen molar-refractivity contribution in [2.75, 3.05) is 0 Å². The summed E-state index contributed by atoms with van der Waals surface area (Å²) in [6.45, 7) is 1.77. The monoisotopic (exact) mass is 287 g/mol. The van der Waals surface area contributed by atoms with Gasteiger partial charge in [0.1, 0.15) is 5.82 Å². The van der Waals surface area contributed by atoms with Crippen molar-refractivity contribution in [1.82, 2.24) is 10.9 Å². The molecule has 2 aromatic rings. The molecule has 108 valence electrons. The highest BCUT2D eigenvalue weighted by molar-refractivity contribution is 5.99. The number of amides is 2. The molecule has 0 radical (unpaired) electrons. The maximum atomic E-state index is 12.7. The van der Waals surface area contributed by atoms with Gasteiger partial charge >= 0.3 is 6.03 Å². The molecule has 0 heterocycles. The van der Waals surface area contributed by atoms with Crippen LogP contribution in [0.3, 0.4) is 0 Å². The maximum absolute atomic E-state index is 12.7. The third kappa shape index (κ3) is 4.61. The fourth-order valence-electron chi connectivity index (χ4n) is 1.51. The standard InChI is InChI=1S/C15H14FN3O2/c1-11(12-5-3-2-4-6-12)17-18-15(20)19-21-14-9-7-13(16)8-10-14/h2-10H,1H3,(H2,18,19,20). The van der Waals surface area contributed by atoms with Crippen molar-refractivity contribution < 1.29 is 14.0 Å². The van der Waals surface area contributed by atoms with Crippen molar-refractivity contribution in [2.45, 2.75) is 6.92 Å². The number of rotatable bonds is 4. The van der Waals surface area contributed by atoms with Gasteiger partial charge in [-0.05, 0) is 36.8 Å². The highest BCUT2D eigenvalue weighted by atomic mass is 19.1. The second-order valence-electron chi connectivity index (χ2n) is 4.16. The fourth-order valence-corrected chi connectivity index (χ4v) is 1.51. The second kappa shape index (κ2) is 7.04. The van der Waals surface area contributed by atoms with Gasteiger partial charge in [-0.2, -0.15) is 10.6 Å². The summed E-state index contributed by atoms with van der Waals surface area (Å²) in [5.41, 5.74) is 6.01. The Morgan fingerprint density at radius 3 is 2.43 bits per heavy atom. The highest BCUT2D eigenvalue weighted by Crippen LogP contribution is 2.09. The molecule has 0 saturated carbocycles. The zero-order chi connectivity index (χ0) is 15.1. The maximum Gasteiger partial charge on any atom is 0.368 e. The third-order valence-electron chi connectivity index (χ3n) is 2.59. The van der Waals surface area contributed by atoms with E-state index < -0.39 is 6.03 Å². The molecule has 5 nitrogen and oxygen atoms in total. The van der Waals surface area contributed by atoms with Crippen molar-refractivity contribution in [2.24, 2.45) is 5.10 Å². The number of hydrogen-bond donors (Lipinski definition) is 2. The van der Waals surface area contributed by atoms with Crippen LogP contribution in [0, 0.1) is 5.82 Å². The van der Waals surface area contributed by atoms with Gasteiger partial charge in [-0.3, -0.25) is 0 Å². The zero-order valence-corrected chi connectivity index (χ0v) is 11.3. The summed E-state index contributed by atoms with van der Waals surface area (Å²) in [4.78, 5) is 16.5. The molecule has 0 unspecified atom stereocenters. The summed E-state index contributed by atoms with van der Waals surface area (Å²) in [6.07, 6.45) is 0. The van der Waals surface area contributed by atoms with E-state index in [0.29, 0.717) is 11.5 Å². The van der Waals surface area contributed by atoms with Crippen molar-refractivity contribution in [3.8, 4) is 5.75 Å². The molecule has 0 aliphatic carbocycles. The summed E-state index contributed by atoms with van der Waals surface area (Å²) in [7, 11) is 0. The molecular formula is C15H14FN3O2. The van der Waals surface area contributed by atoms with Crippen LogP contribution in [0.5, 0.6) is 5.75 Å². The average Bonchev–Trinajstić information content (AvgIpc) is 2.53. The third-order valence-corrected chi connectivity index (χ3v) is 2.59. The van der Waals surface area contributed by atoms with Gasteiger partial charge < -0.3 is 4.84 Å². The quantitative estimate of drug-likeness (QED) is 0.671. The lowest BCUT2D eigenvalue weighted by atomic mass is 10.1. The number of carbonyl (C=O) groups excluding carboxylic acids is 1. The molecule has 21 heavy (non-hydrogen) atoms. The van der Waals surface area contributed by atoms with Crippen LogP contribution in [0.25, 0.3) is 0 Å². The predicted molar refractivity (Wildman–Crippen MR) is 77.3 cm³/mol. The summed E-state index contributed by atoms with van der Waals surface area (Å²) >= 11 is 0. The molecule has 2 rings (SSSR count). The van der Waals surface area contributed by atoms with Gasteiger partial charge in [-0.25, -0.2) is 14.6 Å². The second-order valence-corrected chi connectivity index (χ2v) is 4.16. The SMILES string of the molecule is CC(=NNC(=O)NOc1ccc(F)cc1)c1ccccc1. The number of hydrogen-bond acceptors (Lipinski definition) is 3. The number of hydroxylamine groups is 1. The summed E-state index contributed by atoms with van der Waals surface area (Å²) in [5.74, 6) is -0.0646. The first-order valence-corrected chi connectivity index (χ1v) is 6.23. The van der Waals surface area contributed by atoms with Crippen LogP contribution in [0.15, 0.2) is 59.7 Å². The topological polar surface area (TPSA) is 62.7 Å². The first-order chi connectivity index (χ1) is 10.1. The number of nitrogens with zero attached hydrogens (tertiary/aromatic N) is 1. The minimum absolute atomic E-state index is 0.315. The molecule has 0 saturated heterocycles. The number of urea groups is 1. The van der Waals surface area contributed by atoms with Crippen LogP contribution in [0.1, 0.15) is 12.5 Å². The Kier molecular flexibility index (Phi) is 4.87. The van der Waals surface area contributed by atoms with E-state index in [4.69, 9.17) is 4.84 Å². The Hall–Kier alpha value is -2.89. The van der Waals surface area contributed by atoms with E-state index >= 15 is 0 Å². The molecule has 0 spiro atoms. The smallest absolute Gasteiger partial charge is 0.368 e. The van der Waals surface area contributed by atoms with Crippen molar-refractivity contribution >= 4 is 11.7 Å². The lowest BCUT2D eigenvalue weighted by molar-refractivity contribution is 0.178. The number of hydrazone groups is 1. The van der Waals surface area contributed by atoms with Gasteiger partial charge in [-0.1, -0.05) is 30.3 Å². The molecule has 0 bridgehead atoms. The molecule has 0 aliphatic heterocycles. The van der Waals surface area contributed by atoms with Crippen LogP contribution in [-0.4, -0.2) is 11.7 Å². The van der Waals surface area contributed by atoms with Crippen LogP contribution < -0.4 is 15.7 Å². The molecule has 6 heteroatoms. The number of carbonyl (C=O) groups is 1. The molecule has 2 N–H and O–H groups in total. The molecule has 0 atom stereocenters. The van der Waals surface area contributed by atoms with Crippen LogP contribution >= 0.6 is 0 Å². The molecule has 2 amide bonds. The Morgan fingerprint density at radius 2 is 1.76 bits per heavy atom. The molecular weight excluding hydrogens is 273 g/mol. The van der Waals surface area contributed by atoms with Gasteiger partial charge in [0.25, 0.3) is 0 Å². The normalized spacial score (nSPS) is 10.9. The Bertz CT molecular complexity index is 627. The number of benzene rings is 2. The number of halogens is 1. The van der Waals surface area contributed by atoms with Gasteiger partial charge in [0.15, 0.2) is 5.75 Å². The highest BCUT2D eigenvalue weighted by Gasteiger charge is 2.01. The Balaban J connectivity index is 1.83. The molecule has 2 aromatic carbocycles. The molecule has 0 fully saturated rings. The Labute approximate surface area is 121 Å². The minimum atomic E-state index is -0.630. The summed E-state index contributed by atoms with van der Waals surface area (Å²) in [6, 6.07) is 14.0. The van der Waals surface area contributed by atoms with E-state index in [1.807, 2.05) is 30.3 Å². The van der Waals surface area contributed by atoms with Gasteiger partial charge in [-0.15, -0.1) is 0 Å². The van der Waals surface area contributed by atoms with Crippen LogP contribution in [-0.2, 0) is 0 Å². The fraction of sp³-hybridized carbons (Fsp3) is 0.0667. The lowest BCUT2D eigenvalue weighted by Crippen LogP contribution is -2.35. The zero-order valence-electron chi connectivity index (χ0n) is 11.3. The molecule has 0 aliphatic rings. The minimum Gasteiger partial charge on any atom is -0.378 e. The van der Waals surface area contributed by atoms with Crippen LogP contribution in [0.4, 0.5) is 9.18 Å². The van der Waals surface area contributed by atoms with Gasteiger partial charge in [0.05, 0.1) is 5.71 Å². The Morgan fingerprint density at radius 1 is 1.10 bits per heavy atom. The molecule has 0 aromatic heterocycles. The van der Waals surface area contributed by atoms with Crippen molar-refractivity contribution in [3.05, 3.63) is 66.0 Å². The van der Waals surface area contributed by atoms with E-state index in [0.717, 1.165) is 5.56 Å². The van der Waals surface area contributed by atoms with E-state index in [1.54, 1.807) is 6.92 Å². The van der Waals surface area contributed by atoms with Crippen LogP contribution in [0.2, 0.25) is 0 Å². The first kappa shape index (κ1) is 14.5. The predicted octanol–water partition coefficient (Wildman–Crippen LogP) is 2.84. The van der Waals surface area contributed by atoms with Crippen molar-refractivity contribution in [1.29, 1.82) is 0 Å². The first-order valence-electron chi connectivity index (χ1n) is 6.23. The summed E-state index contributed by atoms with van der Waals surface area (Å²) < 4.78 is 12.7. The van der Waals surface area contributed by atoms with E-state index in [2.05, 4.69) is 16.0 Å². The van der Waals surface area contributed by atoms with Gasteiger partial charge in [0.2, 0.25) is 0 Å².